The Morgan fingerprint density at radius 1 is 1.14 bits per heavy atom. The first kappa shape index (κ1) is 25.4. The molecule has 3 aromatic rings. The molecule has 0 radical (unpaired) electrons. The number of aryl methyl sites for hydroxylation is 1. The van der Waals surface area contributed by atoms with Gasteiger partial charge in [-0.2, -0.15) is 0 Å². The topological polar surface area (TPSA) is 106 Å². The molecule has 1 atom stereocenters. The SMILES string of the molecule is CCOC(=O)c1sc(N2C(=O)C(=O)C(=C(O)c3cccc(OCC)c3)C2c2cccc(Cl)c2)nc1C. The highest BCUT2D eigenvalue weighted by molar-refractivity contribution is 7.17. The molecule has 1 aliphatic rings. The molecule has 1 aromatic heterocycles. The number of benzene rings is 2. The number of halogens is 1. The number of carbonyl (C=O) groups is 3. The molecule has 1 amide bonds. The van der Waals surface area contributed by atoms with Crippen molar-refractivity contribution < 1.29 is 29.0 Å². The van der Waals surface area contributed by atoms with Crippen molar-refractivity contribution in [3.8, 4) is 5.75 Å². The van der Waals surface area contributed by atoms with Gasteiger partial charge in [-0.15, -0.1) is 0 Å². The third-order valence-electron chi connectivity index (χ3n) is 5.48. The zero-order chi connectivity index (χ0) is 26.0. The summed E-state index contributed by atoms with van der Waals surface area (Å²) in [6.07, 6.45) is 0. The van der Waals surface area contributed by atoms with Gasteiger partial charge < -0.3 is 14.6 Å². The van der Waals surface area contributed by atoms with Crippen LogP contribution in [-0.2, 0) is 14.3 Å². The molecule has 10 heteroatoms. The highest BCUT2D eigenvalue weighted by Crippen LogP contribution is 2.44. The predicted molar refractivity (Wildman–Crippen MR) is 137 cm³/mol. The molecule has 2 heterocycles. The van der Waals surface area contributed by atoms with E-state index in [1.807, 2.05) is 6.92 Å². The summed E-state index contributed by atoms with van der Waals surface area (Å²) in [6, 6.07) is 12.2. The van der Waals surface area contributed by atoms with Crippen LogP contribution in [0.15, 0.2) is 54.1 Å². The molecule has 1 unspecified atom stereocenters. The summed E-state index contributed by atoms with van der Waals surface area (Å²) < 4.78 is 10.6. The van der Waals surface area contributed by atoms with Crippen LogP contribution in [0, 0.1) is 6.92 Å². The van der Waals surface area contributed by atoms with Crippen LogP contribution in [-0.4, -0.2) is 41.0 Å². The normalized spacial score (nSPS) is 16.9. The number of hydrogen-bond acceptors (Lipinski definition) is 8. The van der Waals surface area contributed by atoms with E-state index in [1.54, 1.807) is 62.4 Å². The molecule has 4 rings (SSSR count). The van der Waals surface area contributed by atoms with Crippen molar-refractivity contribution in [1.82, 2.24) is 4.98 Å². The van der Waals surface area contributed by atoms with Gasteiger partial charge in [-0.25, -0.2) is 9.78 Å². The highest BCUT2D eigenvalue weighted by Gasteiger charge is 2.48. The Labute approximate surface area is 216 Å². The van der Waals surface area contributed by atoms with Crippen molar-refractivity contribution in [2.24, 2.45) is 0 Å². The summed E-state index contributed by atoms with van der Waals surface area (Å²) in [4.78, 5) is 44.8. The number of aliphatic hydroxyl groups excluding tert-OH is 1. The summed E-state index contributed by atoms with van der Waals surface area (Å²) >= 11 is 7.18. The number of hydrogen-bond donors (Lipinski definition) is 1. The summed E-state index contributed by atoms with van der Waals surface area (Å²) in [5.41, 5.74) is 1.05. The summed E-state index contributed by atoms with van der Waals surface area (Å²) in [7, 11) is 0. The second-order valence-corrected chi connectivity index (χ2v) is 9.23. The van der Waals surface area contributed by atoms with Crippen molar-refractivity contribution in [3.63, 3.8) is 0 Å². The van der Waals surface area contributed by atoms with Crippen LogP contribution < -0.4 is 9.64 Å². The van der Waals surface area contributed by atoms with Crippen LogP contribution in [0.2, 0.25) is 5.02 Å². The first-order valence-electron chi connectivity index (χ1n) is 11.2. The van der Waals surface area contributed by atoms with Gasteiger partial charge in [-0.3, -0.25) is 14.5 Å². The minimum absolute atomic E-state index is 0.124. The fourth-order valence-corrected chi connectivity index (χ4v) is 5.13. The van der Waals surface area contributed by atoms with Gasteiger partial charge in [0.25, 0.3) is 5.78 Å². The molecular formula is C26H23ClN2O6S. The maximum Gasteiger partial charge on any atom is 0.350 e. The zero-order valence-corrected chi connectivity index (χ0v) is 21.4. The van der Waals surface area contributed by atoms with Crippen LogP contribution >= 0.6 is 22.9 Å². The lowest BCUT2D eigenvalue weighted by molar-refractivity contribution is -0.132. The molecule has 1 saturated heterocycles. The zero-order valence-electron chi connectivity index (χ0n) is 19.8. The molecule has 0 bridgehead atoms. The Morgan fingerprint density at radius 2 is 1.89 bits per heavy atom. The molecule has 2 aromatic carbocycles. The number of rotatable bonds is 7. The molecule has 0 saturated carbocycles. The van der Waals surface area contributed by atoms with Crippen molar-refractivity contribution in [1.29, 1.82) is 0 Å². The van der Waals surface area contributed by atoms with Gasteiger partial charge in [-0.1, -0.05) is 47.2 Å². The number of aromatic nitrogens is 1. The minimum Gasteiger partial charge on any atom is -0.507 e. The van der Waals surface area contributed by atoms with E-state index < -0.39 is 23.7 Å². The van der Waals surface area contributed by atoms with Crippen molar-refractivity contribution in [2.45, 2.75) is 26.8 Å². The lowest BCUT2D eigenvalue weighted by atomic mass is 9.95. The molecule has 0 aliphatic carbocycles. The number of nitrogens with zero attached hydrogens (tertiary/aromatic N) is 2. The van der Waals surface area contributed by atoms with Gasteiger partial charge in [0.1, 0.15) is 16.4 Å². The monoisotopic (exact) mass is 526 g/mol. The van der Waals surface area contributed by atoms with E-state index in [0.717, 1.165) is 11.3 Å². The maximum absolute atomic E-state index is 13.3. The average molecular weight is 527 g/mol. The summed E-state index contributed by atoms with van der Waals surface area (Å²) in [5, 5.41) is 11.8. The van der Waals surface area contributed by atoms with E-state index >= 15 is 0 Å². The van der Waals surface area contributed by atoms with Crippen LogP contribution in [0.3, 0.4) is 0 Å². The van der Waals surface area contributed by atoms with Crippen molar-refractivity contribution in [3.05, 3.63) is 80.8 Å². The van der Waals surface area contributed by atoms with E-state index in [9.17, 15) is 19.5 Å². The van der Waals surface area contributed by atoms with Crippen LogP contribution in [0.25, 0.3) is 5.76 Å². The fraction of sp³-hybridized carbons (Fsp3) is 0.231. The highest BCUT2D eigenvalue weighted by atomic mass is 35.5. The maximum atomic E-state index is 13.3. The van der Waals surface area contributed by atoms with E-state index in [-0.39, 0.29) is 27.9 Å². The molecule has 186 valence electrons. The number of ketones is 1. The van der Waals surface area contributed by atoms with E-state index in [0.29, 0.717) is 34.2 Å². The third kappa shape index (κ3) is 4.72. The van der Waals surface area contributed by atoms with Crippen molar-refractivity contribution >= 4 is 51.5 Å². The van der Waals surface area contributed by atoms with Gasteiger partial charge in [0, 0.05) is 10.6 Å². The van der Waals surface area contributed by atoms with E-state index in [1.165, 1.54) is 4.90 Å². The molecule has 36 heavy (non-hydrogen) atoms. The number of amides is 1. The Morgan fingerprint density at radius 3 is 2.58 bits per heavy atom. The number of thiazole rings is 1. The summed E-state index contributed by atoms with van der Waals surface area (Å²) in [5.74, 6) is -2.19. The first-order valence-corrected chi connectivity index (χ1v) is 12.4. The molecule has 0 spiro atoms. The van der Waals surface area contributed by atoms with E-state index in [4.69, 9.17) is 21.1 Å². The Balaban J connectivity index is 1.91. The Bertz CT molecular complexity index is 1380. The van der Waals surface area contributed by atoms with Gasteiger partial charge in [-0.05, 0) is 50.6 Å². The second-order valence-electron chi connectivity index (χ2n) is 7.82. The number of carbonyl (C=O) groups excluding carboxylic acids is 3. The standard InChI is InChI=1S/C26H23ClN2O6S/c1-4-34-18-11-7-9-16(13-18)21(30)19-20(15-8-6-10-17(27)12-15)29(24(32)22(19)31)26-28-14(3)23(36-26)25(33)35-5-2/h6-13,20,30H,4-5H2,1-3H3. The number of esters is 1. The van der Waals surface area contributed by atoms with Gasteiger partial charge in [0.2, 0.25) is 0 Å². The van der Waals surface area contributed by atoms with Gasteiger partial charge in [0.05, 0.1) is 30.5 Å². The lowest BCUT2D eigenvalue weighted by Crippen LogP contribution is -2.29. The number of Topliss-reactive ketones (excluding diaryl/α,β-unsaturated/α-hetero) is 1. The van der Waals surface area contributed by atoms with E-state index in [2.05, 4.69) is 4.98 Å². The molecular weight excluding hydrogens is 504 g/mol. The molecule has 1 N–H and O–H groups in total. The average Bonchev–Trinajstić information content (AvgIpc) is 3.36. The van der Waals surface area contributed by atoms with Gasteiger partial charge in [0.15, 0.2) is 5.13 Å². The molecule has 1 aliphatic heterocycles. The quantitative estimate of drug-likeness (QED) is 0.192. The third-order valence-corrected chi connectivity index (χ3v) is 6.85. The summed E-state index contributed by atoms with van der Waals surface area (Å²) in [6.45, 7) is 5.74. The van der Waals surface area contributed by atoms with Crippen LogP contribution in [0.1, 0.15) is 46.4 Å². The molecule has 1 fully saturated rings. The number of anilines is 1. The predicted octanol–water partition coefficient (Wildman–Crippen LogP) is 5.31. The smallest absolute Gasteiger partial charge is 0.350 e. The first-order chi connectivity index (χ1) is 17.3. The molecule has 8 nitrogen and oxygen atoms in total. The Hall–Kier alpha value is -3.69. The lowest BCUT2D eigenvalue weighted by Gasteiger charge is -2.23. The fourth-order valence-electron chi connectivity index (χ4n) is 3.95. The minimum atomic E-state index is -1.03. The number of ether oxygens (including phenoxy) is 2. The van der Waals surface area contributed by atoms with Gasteiger partial charge >= 0.3 is 11.9 Å². The second kappa shape index (κ2) is 10.5. The number of aliphatic hydroxyl groups is 1. The van der Waals surface area contributed by atoms with Crippen molar-refractivity contribution in [2.75, 3.05) is 18.1 Å². The largest absolute Gasteiger partial charge is 0.507 e. The van der Waals surface area contributed by atoms with Crippen LogP contribution in [0.4, 0.5) is 5.13 Å². The Kier molecular flexibility index (Phi) is 7.42. The van der Waals surface area contributed by atoms with Crippen LogP contribution in [0.5, 0.6) is 5.75 Å².